The molecule has 1 heterocycles. The molecule has 0 aromatic carbocycles. The fraction of sp³-hybridized carbons (Fsp3) is 0.769. The number of nitrogens with one attached hydrogen (secondary N) is 1. The lowest BCUT2D eigenvalue weighted by Gasteiger charge is -2.22. The highest BCUT2D eigenvalue weighted by molar-refractivity contribution is 5.40. The molecule has 0 unspecified atom stereocenters. The van der Waals surface area contributed by atoms with Crippen LogP contribution in [0.2, 0.25) is 0 Å². The van der Waals surface area contributed by atoms with Crippen molar-refractivity contribution in [1.29, 1.82) is 0 Å². The molecule has 0 aliphatic heterocycles. The summed E-state index contributed by atoms with van der Waals surface area (Å²) in [5.74, 6) is 1.17. The molecule has 1 N–H and O–H groups in total. The second-order valence-electron chi connectivity index (χ2n) is 5.08. The smallest absolute Gasteiger partial charge is 0.323 e. The third kappa shape index (κ3) is 3.93. The van der Waals surface area contributed by atoms with E-state index in [2.05, 4.69) is 25.2 Å². The predicted molar refractivity (Wildman–Crippen MR) is 77.4 cm³/mol. The van der Waals surface area contributed by atoms with Gasteiger partial charge in [0.1, 0.15) is 0 Å². The number of ether oxygens (including phenoxy) is 2. The first-order valence-corrected chi connectivity index (χ1v) is 7.00. The standard InChI is InChI=1S/C13H23N5O2/c1-9(2)20-13-16-11(14-3)15-12(17-13)18(7-8-19-4)10-5-6-10/h9-10H,5-8H2,1-4H3,(H,14,15,16,17). The van der Waals surface area contributed by atoms with E-state index in [0.717, 1.165) is 6.54 Å². The average molecular weight is 281 g/mol. The van der Waals surface area contributed by atoms with Gasteiger partial charge in [0, 0.05) is 26.7 Å². The minimum atomic E-state index is 0.0308. The second-order valence-corrected chi connectivity index (χ2v) is 5.08. The molecule has 1 fully saturated rings. The van der Waals surface area contributed by atoms with Gasteiger partial charge in [0.2, 0.25) is 11.9 Å². The van der Waals surface area contributed by atoms with Gasteiger partial charge in [-0.15, -0.1) is 0 Å². The topological polar surface area (TPSA) is 72.4 Å². The van der Waals surface area contributed by atoms with Crippen LogP contribution in [0.3, 0.4) is 0 Å². The number of nitrogens with zero attached hydrogens (tertiary/aromatic N) is 4. The van der Waals surface area contributed by atoms with Gasteiger partial charge in [-0.1, -0.05) is 0 Å². The summed E-state index contributed by atoms with van der Waals surface area (Å²) < 4.78 is 10.8. The van der Waals surface area contributed by atoms with Crippen molar-refractivity contribution in [2.75, 3.05) is 37.5 Å². The third-order valence-corrected chi connectivity index (χ3v) is 2.95. The van der Waals surface area contributed by atoms with Crippen molar-refractivity contribution in [3.63, 3.8) is 0 Å². The molecular weight excluding hydrogens is 258 g/mol. The van der Waals surface area contributed by atoms with Crippen LogP contribution in [0.5, 0.6) is 6.01 Å². The Hall–Kier alpha value is -1.63. The van der Waals surface area contributed by atoms with Crippen molar-refractivity contribution in [2.24, 2.45) is 0 Å². The number of hydrogen-bond donors (Lipinski definition) is 1. The lowest BCUT2D eigenvalue weighted by Crippen LogP contribution is -2.31. The molecule has 1 aliphatic rings. The molecule has 0 saturated heterocycles. The van der Waals surface area contributed by atoms with Gasteiger partial charge in [-0.05, 0) is 26.7 Å². The zero-order chi connectivity index (χ0) is 14.5. The van der Waals surface area contributed by atoms with E-state index in [1.165, 1.54) is 12.8 Å². The summed E-state index contributed by atoms with van der Waals surface area (Å²) >= 11 is 0. The summed E-state index contributed by atoms with van der Waals surface area (Å²) in [5.41, 5.74) is 0. The predicted octanol–water partition coefficient (Wildman–Crippen LogP) is 1.32. The van der Waals surface area contributed by atoms with E-state index in [1.807, 2.05) is 13.8 Å². The quantitative estimate of drug-likeness (QED) is 0.770. The Bertz CT molecular complexity index is 437. The van der Waals surface area contributed by atoms with Crippen LogP contribution in [0.15, 0.2) is 0 Å². The van der Waals surface area contributed by atoms with E-state index in [0.29, 0.717) is 30.6 Å². The Labute approximate surface area is 119 Å². The molecule has 7 heteroatoms. The molecule has 112 valence electrons. The highest BCUT2D eigenvalue weighted by Crippen LogP contribution is 2.30. The maximum absolute atomic E-state index is 5.59. The van der Waals surface area contributed by atoms with Crippen LogP contribution in [0.25, 0.3) is 0 Å². The first kappa shape index (κ1) is 14.8. The lowest BCUT2D eigenvalue weighted by atomic mass is 10.5. The molecule has 1 aliphatic carbocycles. The van der Waals surface area contributed by atoms with Crippen molar-refractivity contribution in [3.8, 4) is 6.01 Å². The van der Waals surface area contributed by atoms with E-state index in [4.69, 9.17) is 9.47 Å². The lowest BCUT2D eigenvalue weighted by molar-refractivity contribution is 0.204. The molecule has 7 nitrogen and oxygen atoms in total. The summed E-state index contributed by atoms with van der Waals surface area (Å²) in [6.45, 7) is 5.32. The van der Waals surface area contributed by atoms with Gasteiger partial charge < -0.3 is 19.7 Å². The number of hydrogen-bond acceptors (Lipinski definition) is 7. The average Bonchev–Trinajstić information content (AvgIpc) is 3.22. The molecule has 2 rings (SSSR count). The Morgan fingerprint density at radius 1 is 1.30 bits per heavy atom. The van der Waals surface area contributed by atoms with Gasteiger partial charge in [-0.25, -0.2) is 0 Å². The Balaban J connectivity index is 2.22. The summed E-state index contributed by atoms with van der Waals surface area (Å²) in [6.07, 6.45) is 2.37. The van der Waals surface area contributed by atoms with Crippen LogP contribution in [-0.2, 0) is 4.74 Å². The zero-order valence-electron chi connectivity index (χ0n) is 12.6. The molecule has 0 radical (unpaired) electrons. The molecule has 1 saturated carbocycles. The fourth-order valence-electron chi connectivity index (χ4n) is 1.87. The highest BCUT2D eigenvalue weighted by Gasteiger charge is 2.31. The van der Waals surface area contributed by atoms with Crippen molar-refractivity contribution in [2.45, 2.75) is 38.8 Å². The largest absolute Gasteiger partial charge is 0.461 e. The molecule has 1 aromatic heterocycles. The van der Waals surface area contributed by atoms with Crippen LogP contribution >= 0.6 is 0 Å². The molecule has 0 atom stereocenters. The maximum Gasteiger partial charge on any atom is 0.323 e. The van der Waals surface area contributed by atoms with Crippen molar-refractivity contribution < 1.29 is 9.47 Å². The molecular formula is C13H23N5O2. The van der Waals surface area contributed by atoms with Crippen LogP contribution in [-0.4, -0.2) is 54.4 Å². The van der Waals surface area contributed by atoms with E-state index in [1.54, 1.807) is 14.2 Å². The summed E-state index contributed by atoms with van der Waals surface area (Å²) in [5, 5.41) is 2.95. The monoisotopic (exact) mass is 281 g/mol. The van der Waals surface area contributed by atoms with Crippen LogP contribution in [0.4, 0.5) is 11.9 Å². The zero-order valence-corrected chi connectivity index (χ0v) is 12.6. The molecule has 20 heavy (non-hydrogen) atoms. The minimum Gasteiger partial charge on any atom is -0.461 e. The normalized spacial score (nSPS) is 14.4. The third-order valence-electron chi connectivity index (χ3n) is 2.95. The van der Waals surface area contributed by atoms with Crippen LogP contribution in [0, 0.1) is 0 Å². The Morgan fingerprint density at radius 2 is 2.05 bits per heavy atom. The van der Waals surface area contributed by atoms with Gasteiger partial charge >= 0.3 is 6.01 Å². The highest BCUT2D eigenvalue weighted by atomic mass is 16.5. The van der Waals surface area contributed by atoms with Crippen LogP contribution in [0.1, 0.15) is 26.7 Å². The minimum absolute atomic E-state index is 0.0308. The summed E-state index contributed by atoms with van der Waals surface area (Å²) in [7, 11) is 3.49. The van der Waals surface area contributed by atoms with Crippen molar-refractivity contribution in [3.05, 3.63) is 0 Å². The van der Waals surface area contributed by atoms with Gasteiger partial charge in [0.25, 0.3) is 0 Å². The van der Waals surface area contributed by atoms with Gasteiger partial charge in [0.05, 0.1) is 12.7 Å². The second kappa shape index (κ2) is 6.69. The van der Waals surface area contributed by atoms with Crippen LogP contribution < -0.4 is 15.0 Å². The Kier molecular flexibility index (Phi) is 4.94. The summed E-state index contributed by atoms with van der Waals surface area (Å²) in [6, 6.07) is 0.863. The maximum atomic E-state index is 5.59. The van der Waals surface area contributed by atoms with Gasteiger partial charge in [0.15, 0.2) is 0 Å². The molecule has 1 aromatic rings. The SMILES string of the molecule is CNc1nc(OC(C)C)nc(N(CCOC)C2CC2)n1. The molecule has 0 spiro atoms. The molecule has 0 amide bonds. The van der Waals surface area contributed by atoms with Gasteiger partial charge in [-0.3, -0.25) is 0 Å². The molecule has 0 bridgehead atoms. The van der Waals surface area contributed by atoms with E-state index < -0.39 is 0 Å². The van der Waals surface area contributed by atoms with Gasteiger partial charge in [-0.2, -0.15) is 15.0 Å². The summed E-state index contributed by atoms with van der Waals surface area (Å²) in [4.78, 5) is 15.2. The van der Waals surface area contributed by atoms with E-state index >= 15 is 0 Å². The van der Waals surface area contributed by atoms with Crippen molar-refractivity contribution in [1.82, 2.24) is 15.0 Å². The Morgan fingerprint density at radius 3 is 2.60 bits per heavy atom. The van der Waals surface area contributed by atoms with E-state index in [9.17, 15) is 0 Å². The van der Waals surface area contributed by atoms with Crippen molar-refractivity contribution >= 4 is 11.9 Å². The number of aromatic nitrogens is 3. The fourth-order valence-corrected chi connectivity index (χ4v) is 1.87. The first-order chi connectivity index (χ1) is 9.63. The number of rotatable bonds is 8. The number of anilines is 2. The van der Waals surface area contributed by atoms with E-state index in [-0.39, 0.29) is 6.10 Å². The first-order valence-electron chi connectivity index (χ1n) is 7.00. The number of methoxy groups -OCH3 is 1.